The van der Waals surface area contributed by atoms with E-state index in [1.165, 1.54) is 17.0 Å². The van der Waals surface area contributed by atoms with Gasteiger partial charge in [-0.2, -0.15) is 5.11 Å². The van der Waals surface area contributed by atoms with Crippen molar-refractivity contribution in [3.8, 4) is 0 Å². The summed E-state index contributed by atoms with van der Waals surface area (Å²) in [5.41, 5.74) is 1.46. The lowest BCUT2D eigenvalue weighted by Crippen LogP contribution is -2.36. The fourth-order valence-corrected chi connectivity index (χ4v) is 3.65. The summed E-state index contributed by atoms with van der Waals surface area (Å²) in [7, 11) is 0. The number of halogens is 2. The van der Waals surface area contributed by atoms with Gasteiger partial charge in [0.05, 0.1) is 33.0 Å². The highest BCUT2D eigenvalue weighted by atomic mass is 79.9. The minimum atomic E-state index is -0.415. The first-order chi connectivity index (χ1) is 14.0. The van der Waals surface area contributed by atoms with E-state index in [9.17, 15) is 14.0 Å². The Morgan fingerprint density at radius 2 is 1.59 bits per heavy atom. The molecule has 1 unspecified atom stereocenters. The summed E-state index contributed by atoms with van der Waals surface area (Å²) in [5, 5.41) is 8.45. The average molecular weight is 458 g/mol. The van der Waals surface area contributed by atoms with E-state index < -0.39 is 6.29 Å². The largest absolute Gasteiger partial charge is 0.336 e. The van der Waals surface area contributed by atoms with Gasteiger partial charge in [-0.15, -0.1) is 5.11 Å². The number of nitrogens with zero attached hydrogens (tertiary/aromatic N) is 5. The van der Waals surface area contributed by atoms with Gasteiger partial charge in [0.1, 0.15) is 5.82 Å². The summed E-state index contributed by atoms with van der Waals surface area (Å²) in [6.07, 6.45) is 3.82. The maximum absolute atomic E-state index is 13.0. The van der Waals surface area contributed by atoms with Crippen LogP contribution in [0.15, 0.2) is 71.2 Å². The summed E-state index contributed by atoms with van der Waals surface area (Å²) >= 11 is 3.40. The Morgan fingerprint density at radius 3 is 2.24 bits per heavy atom. The molecule has 9 heteroatoms. The van der Waals surface area contributed by atoms with Crippen LogP contribution in [0.1, 0.15) is 27.1 Å². The van der Waals surface area contributed by atoms with Crippen LogP contribution in [-0.2, 0) is 0 Å². The van der Waals surface area contributed by atoms with E-state index in [0.717, 1.165) is 0 Å². The van der Waals surface area contributed by atoms with Gasteiger partial charge in [-0.1, -0.05) is 12.1 Å². The number of rotatable bonds is 6. The molecule has 0 N–H and O–H groups in total. The first kappa shape index (κ1) is 19.3. The molecule has 0 spiro atoms. The normalized spacial score (nSPS) is 18.4. The number of hydrogen-bond donors (Lipinski definition) is 0. The van der Waals surface area contributed by atoms with Crippen molar-refractivity contribution >= 4 is 33.6 Å². The molecule has 4 rings (SSSR count). The van der Waals surface area contributed by atoms with E-state index in [2.05, 4.69) is 26.4 Å². The van der Waals surface area contributed by atoms with Crippen molar-refractivity contribution < 1.29 is 14.0 Å². The molecule has 0 aliphatic carbocycles. The van der Waals surface area contributed by atoms with Crippen molar-refractivity contribution in [2.24, 2.45) is 10.2 Å². The molecule has 0 aromatic heterocycles. The predicted octanol–water partition coefficient (Wildman–Crippen LogP) is 4.28. The number of hydrogen-bond acceptors (Lipinski definition) is 6. The molecule has 2 heterocycles. The SMILES string of the molecule is O=C1c2ccccc2C(=O)N1CCCN1C=CN(Br)C1/N=N/c1ccc(F)cc1. The summed E-state index contributed by atoms with van der Waals surface area (Å²) in [6.45, 7) is 0.889. The van der Waals surface area contributed by atoms with E-state index in [0.29, 0.717) is 36.3 Å². The molecule has 0 saturated carbocycles. The Hall–Kier alpha value is -3.07. The smallest absolute Gasteiger partial charge is 0.261 e. The van der Waals surface area contributed by atoms with Crippen LogP contribution in [0.25, 0.3) is 0 Å². The van der Waals surface area contributed by atoms with Gasteiger partial charge in [0.2, 0.25) is 6.29 Å². The van der Waals surface area contributed by atoms with E-state index in [-0.39, 0.29) is 17.6 Å². The molecule has 148 valence electrons. The lowest BCUT2D eigenvalue weighted by Gasteiger charge is -2.25. The number of imide groups is 1. The van der Waals surface area contributed by atoms with Crippen LogP contribution in [-0.4, -0.2) is 44.9 Å². The molecule has 2 aliphatic heterocycles. The average Bonchev–Trinajstić information content (AvgIpc) is 3.20. The maximum atomic E-state index is 13.0. The molecular weight excluding hydrogens is 441 g/mol. The van der Waals surface area contributed by atoms with Gasteiger partial charge in [0, 0.05) is 25.5 Å². The van der Waals surface area contributed by atoms with Crippen LogP contribution < -0.4 is 0 Å². The highest BCUT2D eigenvalue weighted by Gasteiger charge is 2.35. The van der Waals surface area contributed by atoms with Crippen molar-refractivity contribution in [3.63, 3.8) is 0 Å². The topological polar surface area (TPSA) is 68.6 Å². The minimum absolute atomic E-state index is 0.253. The zero-order valence-corrected chi connectivity index (χ0v) is 16.9. The van der Waals surface area contributed by atoms with Crippen LogP contribution in [0.4, 0.5) is 10.1 Å². The standard InChI is InChI=1S/C20H17BrFN5O2/c21-27-13-12-25(20(27)24-23-15-8-6-14(22)7-9-15)10-3-11-26-18(28)16-4-1-2-5-17(16)19(26)29/h1-2,4-9,12-13,20H,3,10-11H2/b24-23+. The third-order valence-electron chi connectivity index (χ3n) is 4.70. The summed E-state index contributed by atoms with van der Waals surface area (Å²) < 4.78 is 14.7. The molecule has 7 nitrogen and oxygen atoms in total. The lowest BCUT2D eigenvalue weighted by molar-refractivity contribution is 0.0647. The predicted molar refractivity (Wildman–Crippen MR) is 108 cm³/mol. The van der Waals surface area contributed by atoms with Crippen LogP contribution in [0.3, 0.4) is 0 Å². The molecule has 2 aliphatic rings. The van der Waals surface area contributed by atoms with Crippen molar-refractivity contribution in [2.45, 2.75) is 12.7 Å². The lowest BCUT2D eigenvalue weighted by atomic mass is 10.1. The zero-order chi connectivity index (χ0) is 20.4. The van der Waals surface area contributed by atoms with Gasteiger partial charge in [0.25, 0.3) is 11.8 Å². The molecule has 1 atom stereocenters. The number of amides is 2. The number of carbonyl (C=O) groups is 2. The van der Waals surface area contributed by atoms with Gasteiger partial charge in [-0.25, -0.2) is 4.39 Å². The fourth-order valence-electron chi connectivity index (χ4n) is 3.23. The first-order valence-electron chi connectivity index (χ1n) is 9.04. The summed E-state index contributed by atoms with van der Waals surface area (Å²) in [6, 6.07) is 12.6. The molecule has 2 aromatic rings. The minimum Gasteiger partial charge on any atom is -0.336 e. The third-order valence-corrected chi connectivity index (χ3v) is 5.30. The monoisotopic (exact) mass is 457 g/mol. The molecular formula is C20H17BrFN5O2. The highest BCUT2D eigenvalue weighted by molar-refractivity contribution is 9.07. The van der Waals surface area contributed by atoms with Gasteiger partial charge >= 0.3 is 0 Å². The van der Waals surface area contributed by atoms with Crippen LogP contribution in [0.2, 0.25) is 0 Å². The van der Waals surface area contributed by atoms with Crippen molar-refractivity contribution in [2.75, 3.05) is 13.1 Å². The van der Waals surface area contributed by atoms with Crippen molar-refractivity contribution in [1.29, 1.82) is 0 Å². The van der Waals surface area contributed by atoms with Crippen LogP contribution in [0.5, 0.6) is 0 Å². The Labute approximate surface area is 175 Å². The van der Waals surface area contributed by atoms with E-state index in [1.54, 1.807) is 46.5 Å². The van der Waals surface area contributed by atoms with Gasteiger partial charge in [-0.05, 0) is 42.8 Å². The second-order valence-electron chi connectivity index (χ2n) is 6.58. The molecule has 0 fully saturated rings. The van der Waals surface area contributed by atoms with E-state index in [4.69, 9.17) is 0 Å². The molecule has 2 aromatic carbocycles. The van der Waals surface area contributed by atoms with Crippen LogP contribution in [0, 0.1) is 5.82 Å². The molecule has 2 amide bonds. The Bertz CT molecular complexity index is 960. The van der Waals surface area contributed by atoms with Crippen LogP contribution >= 0.6 is 16.1 Å². The molecule has 0 radical (unpaired) electrons. The molecule has 29 heavy (non-hydrogen) atoms. The van der Waals surface area contributed by atoms with Crippen molar-refractivity contribution in [1.82, 2.24) is 13.7 Å². The van der Waals surface area contributed by atoms with Gasteiger partial charge in [-0.3, -0.25) is 18.4 Å². The molecule has 0 saturated heterocycles. The van der Waals surface area contributed by atoms with E-state index >= 15 is 0 Å². The summed E-state index contributed by atoms with van der Waals surface area (Å²) in [4.78, 5) is 28.1. The maximum Gasteiger partial charge on any atom is 0.261 e. The van der Waals surface area contributed by atoms with Crippen molar-refractivity contribution in [3.05, 3.63) is 77.9 Å². The van der Waals surface area contributed by atoms with Gasteiger partial charge < -0.3 is 4.90 Å². The number of carbonyl (C=O) groups excluding carboxylic acids is 2. The number of azo groups is 1. The zero-order valence-electron chi connectivity index (χ0n) is 15.3. The number of fused-ring (bicyclic) bond motifs is 1. The number of benzene rings is 2. The van der Waals surface area contributed by atoms with E-state index in [1.807, 2.05) is 11.1 Å². The Kier molecular flexibility index (Phi) is 5.39. The Morgan fingerprint density at radius 1 is 0.931 bits per heavy atom. The first-order valence-corrected chi connectivity index (χ1v) is 9.75. The summed E-state index contributed by atoms with van der Waals surface area (Å²) in [5.74, 6) is -0.835. The Balaban J connectivity index is 1.35. The quantitative estimate of drug-likeness (QED) is 0.368. The fraction of sp³-hybridized carbons (Fsp3) is 0.200. The second kappa shape index (κ2) is 8.12. The highest BCUT2D eigenvalue weighted by Crippen LogP contribution is 2.25. The molecule has 0 bridgehead atoms. The third kappa shape index (κ3) is 3.91. The second-order valence-corrected chi connectivity index (χ2v) is 7.40. The van der Waals surface area contributed by atoms with Gasteiger partial charge in [0.15, 0.2) is 0 Å².